The van der Waals surface area contributed by atoms with E-state index >= 15 is 0 Å². The van der Waals surface area contributed by atoms with Crippen molar-refractivity contribution in [2.24, 2.45) is 10.8 Å². The van der Waals surface area contributed by atoms with Crippen LogP contribution in [-0.4, -0.2) is 33.4 Å². The average molecular weight is 485 g/mol. The van der Waals surface area contributed by atoms with Crippen molar-refractivity contribution in [2.45, 2.75) is 162 Å². The quantitative estimate of drug-likeness (QED) is 0.120. The van der Waals surface area contributed by atoms with Crippen LogP contribution in [0.3, 0.4) is 0 Å². The molecule has 34 heavy (non-hydrogen) atoms. The lowest BCUT2D eigenvalue weighted by atomic mass is 9.81. The van der Waals surface area contributed by atoms with E-state index in [2.05, 4.69) is 13.8 Å². The first kappa shape index (κ1) is 32.9. The third-order valence-electron chi connectivity index (χ3n) is 7.30. The van der Waals surface area contributed by atoms with Gasteiger partial charge in [0.25, 0.3) is 0 Å². The second-order valence-corrected chi connectivity index (χ2v) is 11.9. The highest BCUT2D eigenvalue weighted by atomic mass is 16.4. The average Bonchev–Trinajstić information content (AvgIpc) is 2.74. The Morgan fingerprint density at radius 1 is 0.588 bits per heavy atom. The Bertz CT molecular complexity index is 527. The summed E-state index contributed by atoms with van der Waals surface area (Å²) < 4.78 is 0. The molecule has 0 bridgehead atoms. The van der Waals surface area contributed by atoms with Gasteiger partial charge in [0.05, 0.1) is 11.5 Å². The molecule has 202 valence electrons. The summed E-state index contributed by atoms with van der Waals surface area (Å²) >= 11 is 0. The van der Waals surface area contributed by atoms with Crippen molar-refractivity contribution < 1.29 is 24.9 Å². The second kappa shape index (κ2) is 19.1. The van der Waals surface area contributed by atoms with Gasteiger partial charge in [0.1, 0.15) is 0 Å². The largest absolute Gasteiger partial charge is 0.481 e. The van der Waals surface area contributed by atoms with Gasteiger partial charge in [-0.05, 0) is 57.8 Å². The molecule has 0 saturated carbocycles. The maximum absolute atomic E-state index is 11.1. The molecule has 5 heteroatoms. The van der Waals surface area contributed by atoms with Crippen LogP contribution in [0.1, 0.15) is 156 Å². The van der Waals surface area contributed by atoms with E-state index < -0.39 is 17.4 Å². The zero-order valence-corrected chi connectivity index (χ0v) is 22.9. The first-order valence-corrected chi connectivity index (χ1v) is 14.1. The van der Waals surface area contributed by atoms with Gasteiger partial charge in [-0.1, -0.05) is 97.3 Å². The van der Waals surface area contributed by atoms with Crippen molar-refractivity contribution in [3.8, 4) is 0 Å². The van der Waals surface area contributed by atoms with E-state index in [1.54, 1.807) is 13.8 Å². The minimum Gasteiger partial charge on any atom is -0.481 e. The van der Waals surface area contributed by atoms with Crippen LogP contribution in [-0.2, 0) is 9.59 Å². The van der Waals surface area contributed by atoms with E-state index in [4.69, 9.17) is 10.2 Å². The monoisotopic (exact) mass is 484 g/mol. The van der Waals surface area contributed by atoms with Gasteiger partial charge in [0, 0.05) is 6.42 Å². The number of aliphatic hydroxyl groups excluding tert-OH is 1. The van der Waals surface area contributed by atoms with Gasteiger partial charge in [0.2, 0.25) is 0 Å². The number of hydrogen-bond acceptors (Lipinski definition) is 3. The first-order chi connectivity index (χ1) is 16.0. The number of carboxylic acids is 2. The van der Waals surface area contributed by atoms with Crippen LogP contribution in [0.5, 0.6) is 0 Å². The molecular weight excluding hydrogens is 428 g/mol. The molecule has 0 saturated heterocycles. The van der Waals surface area contributed by atoms with E-state index in [0.717, 1.165) is 51.4 Å². The lowest BCUT2D eigenvalue weighted by Crippen LogP contribution is -2.23. The highest BCUT2D eigenvalue weighted by molar-refractivity contribution is 5.73. The second-order valence-electron chi connectivity index (χ2n) is 11.9. The van der Waals surface area contributed by atoms with Gasteiger partial charge in [0.15, 0.2) is 0 Å². The molecule has 0 rings (SSSR count). The zero-order valence-electron chi connectivity index (χ0n) is 22.9. The van der Waals surface area contributed by atoms with Crippen LogP contribution in [0.2, 0.25) is 0 Å². The third-order valence-corrected chi connectivity index (χ3v) is 7.30. The van der Waals surface area contributed by atoms with Crippen LogP contribution >= 0.6 is 0 Å². The van der Waals surface area contributed by atoms with Gasteiger partial charge < -0.3 is 15.3 Å². The van der Waals surface area contributed by atoms with Crippen LogP contribution in [0, 0.1) is 10.8 Å². The molecule has 0 spiro atoms. The van der Waals surface area contributed by atoms with Crippen molar-refractivity contribution in [1.29, 1.82) is 0 Å². The predicted molar refractivity (Wildman–Crippen MR) is 141 cm³/mol. The van der Waals surface area contributed by atoms with E-state index in [0.29, 0.717) is 18.3 Å². The molecule has 1 unspecified atom stereocenters. The number of carbonyl (C=O) groups is 2. The molecule has 0 fully saturated rings. The normalized spacial score (nSPS) is 13.2. The third kappa shape index (κ3) is 20.3. The Balaban J connectivity index is 3.57. The summed E-state index contributed by atoms with van der Waals surface area (Å²) in [4.78, 5) is 21.6. The predicted octanol–water partition coefficient (Wildman–Crippen LogP) is 8.37. The molecule has 3 N–H and O–H groups in total. The summed E-state index contributed by atoms with van der Waals surface area (Å²) in [5.74, 6) is -1.41. The Labute approximate surface area is 210 Å². The molecule has 0 aliphatic rings. The minimum absolute atomic E-state index is 0.210. The van der Waals surface area contributed by atoms with Crippen molar-refractivity contribution in [2.75, 3.05) is 0 Å². The number of carboxylic acid groups (broad SMARTS) is 2. The molecule has 0 amide bonds. The van der Waals surface area contributed by atoms with Gasteiger partial charge in [-0.25, -0.2) is 0 Å². The van der Waals surface area contributed by atoms with Crippen molar-refractivity contribution in [3.05, 3.63) is 0 Å². The van der Waals surface area contributed by atoms with E-state index in [-0.39, 0.29) is 6.10 Å². The molecule has 0 heterocycles. The van der Waals surface area contributed by atoms with Crippen LogP contribution in [0.25, 0.3) is 0 Å². The lowest BCUT2D eigenvalue weighted by Gasteiger charge is -2.24. The maximum Gasteiger partial charge on any atom is 0.309 e. The Morgan fingerprint density at radius 3 is 1.41 bits per heavy atom. The molecule has 0 aromatic heterocycles. The molecule has 5 nitrogen and oxygen atoms in total. The fourth-order valence-corrected chi connectivity index (χ4v) is 4.60. The van der Waals surface area contributed by atoms with Crippen molar-refractivity contribution in [3.63, 3.8) is 0 Å². The Morgan fingerprint density at radius 2 is 0.971 bits per heavy atom. The fraction of sp³-hybridized carbons (Fsp3) is 0.931. The van der Waals surface area contributed by atoms with E-state index in [1.165, 1.54) is 64.2 Å². The number of aliphatic hydroxyl groups is 1. The molecule has 0 radical (unpaired) electrons. The highest BCUT2D eigenvalue weighted by Gasteiger charge is 2.26. The summed E-state index contributed by atoms with van der Waals surface area (Å²) in [6, 6.07) is 0. The number of rotatable bonds is 24. The highest BCUT2D eigenvalue weighted by Crippen LogP contribution is 2.31. The maximum atomic E-state index is 11.1. The zero-order chi connectivity index (χ0) is 25.9. The van der Waals surface area contributed by atoms with Gasteiger partial charge in [-0.3, -0.25) is 9.59 Å². The summed E-state index contributed by atoms with van der Waals surface area (Å²) in [5, 5.41) is 28.0. The smallest absolute Gasteiger partial charge is 0.309 e. The van der Waals surface area contributed by atoms with Gasteiger partial charge in [-0.2, -0.15) is 0 Å². The molecule has 1 atom stereocenters. The fourth-order valence-electron chi connectivity index (χ4n) is 4.60. The summed E-state index contributed by atoms with van der Waals surface area (Å²) in [7, 11) is 0. The van der Waals surface area contributed by atoms with E-state index in [9.17, 15) is 14.7 Å². The molecular formula is C29H56O5. The SMILES string of the molecule is CC(C)(CCCCCCCCCCC(=O)O)CCCCCC(O)CCCCCC(C)(C)C(=O)O. The number of hydrogen-bond donors (Lipinski definition) is 3. The Kier molecular flexibility index (Phi) is 18.5. The van der Waals surface area contributed by atoms with Crippen LogP contribution in [0.15, 0.2) is 0 Å². The molecule has 0 aliphatic heterocycles. The summed E-state index contributed by atoms with van der Waals surface area (Å²) in [6.07, 6.45) is 20.9. The van der Waals surface area contributed by atoms with Crippen LogP contribution in [0.4, 0.5) is 0 Å². The van der Waals surface area contributed by atoms with E-state index in [1.807, 2.05) is 0 Å². The van der Waals surface area contributed by atoms with Crippen LogP contribution < -0.4 is 0 Å². The van der Waals surface area contributed by atoms with Crippen molar-refractivity contribution in [1.82, 2.24) is 0 Å². The van der Waals surface area contributed by atoms with Crippen molar-refractivity contribution >= 4 is 11.9 Å². The van der Waals surface area contributed by atoms with Gasteiger partial charge >= 0.3 is 11.9 Å². The first-order valence-electron chi connectivity index (χ1n) is 14.1. The number of aliphatic carboxylic acids is 2. The minimum atomic E-state index is -0.728. The topological polar surface area (TPSA) is 94.8 Å². The summed E-state index contributed by atoms with van der Waals surface area (Å²) in [6.45, 7) is 8.33. The molecule has 0 aromatic carbocycles. The lowest BCUT2D eigenvalue weighted by molar-refractivity contribution is -0.147. The standard InChI is InChI=1S/C29H56O5/c1-28(2,22-16-10-8-6-5-7-9-15-21-26(31)32)23-17-11-13-19-25(30)20-14-12-18-24-29(3,4)27(33)34/h25,30H,5-24H2,1-4H3,(H,31,32)(H,33,34). The van der Waals surface area contributed by atoms with Gasteiger partial charge in [-0.15, -0.1) is 0 Å². The molecule has 0 aromatic rings. The summed E-state index contributed by atoms with van der Waals surface area (Å²) in [5.41, 5.74) is -0.239. The Hall–Kier alpha value is -1.10. The number of unbranched alkanes of at least 4 members (excludes halogenated alkanes) is 11. The molecule has 0 aliphatic carbocycles.